The second-order valence-electron chi connectivity index (χ2n) is 4.20. The summed E-state index contributed by atoms with van der Waals surface area (Å²) in [6.07, 6.45) is 0. The molecule has 1 N–H and O–H groups in total. The lowest BCUT2D eigenvalue weighted by molar-refractivity contribution is 0.491. The second kappa shape index (κ2) is 4.30. The van der Waals surface area contributed by atoms with Crippen LogP contribution in [0.1, 0.15) is 4.88 Å². The molecule has 0 bridgehead atoms. The molecule has 0 aliphatic carbocycles. The van der Waals surface area contributed by atoms with Crippen LogP contribution in [0.15, 0.2) is 22.7 Å². The molecule has 0 saturated heterocycles. The third kappa shape index (κ3) is 1.89. The molecule has 0 atom stereocenters. The highest BCUT2D eigenvalue weighted by Crippen LogP contribution is 2.48. The highest BCUT2D eigenvalue weighted by atomic mass is 79.9. The van der Waals surface area contributed by atoms with Crippen LogP contribution >= 0.6 is 61.3 Å². The van der Waals surface area contributed by atoms with Crippen LogP contribution in [0.4, 0.5) is 0 Å². The van der Waals surface area contributed by atoms with Gasteiger partial charge in [-0.25, -0.2) is 0 Å². The molecule has 0 aliphatic rings. The summed E-state index contributed by atoms with van der Waals surface area (Å²) in [6.45, 7) is 2.13. The van der Waals surface area contributed by atoms with Crippen molar-refractivity contribution in [3.8, 4) is 14.8 Å². The van der Waals surface area contributed by atoms with E-state index < -0.39 is 0 Å². The van der Waals surface area contributed by atoms with Crippen LogP contribution in [0, 0.1) is 6.92 Å². The number of rotatable bonds is 1. The van der Waals surface area contributed by atoms with Gasteiger partial charge in [-0.15, -0.1) is 34.0 Å². The first kappa shape index (κ1) is 12.3. The molecule has 4 aromatic heterocycles. The number of hydrogen-bond donors (Lipinski definition) is 1. The minimum atomic E-state index is 0.410. The monoisotopic (exact) mass is 386 g/mol. The van der Waals surface area contributed by atoms with Crippen molar-refractivity contribution in [1.82, 2.24) is 0 Å². The van der Waals surface area contributed by atoms with Gasteiger partial charge in [0.05, 0.1) is 14.1 Å². The predicted molar refractivity (Wildman–Crippen MR) is 92.5 cm³/mol. The van der Waals surface area contributed by atoms with Gasteiger partial charge in [-0.3, -0.25) is 0 Å². The van der Waals surface area contributed by atoms with E-state index in [-0.39, 0.29) is 0 Å². The minimum absolute atomic E-state index is 0.410. The van der Waals surface area contributed by atoms with E-state index in [2.05, 4.69) is 35.0 Å². The van der Waals surface area contributed by atoms with E-state index in [0.29, 0.717) is 5.06 Å². The molecule has 0 fully saturated rings. The van der Waals surface area contributed by atoms with Gasteiger partial charge in [-0.1, -0.05) is 11.3 Å². The van der Waals surface area contributed by atoms with Crippen LogP contribution in [-0.4, -0.2) is 5.11 Å². The van der Waals surface area contributed by atoms with Gasteiger partial charge in [0.1, 0.15) is 0 Å². The average Bonchev–Trinajstić information content (AvgIpc) is 3.02. The normalized spacial score (nSPS) is 11.9. The standard InChI is InChI=1S/C13H7BrOS4/c1-5-6(14)2-7(16-5)8-3-9-12(18-8)13-10(17-9)4-11(15)19-13/h2-4,15H,1H3. The fraction of sp³-hybridized carbons (Fsp3) is 0.0769. The van der Waals surface area contributed by atoms with Crippen LogP contribution in [-0.2, 0) is 0 Å². The van der Waals surface area contributed by atoms with Gasteiger partial charge in [0.25, 0.3) is 0 Å². The molecule has 0 aliphatic heterocycles. The van der Waals surface area contributed by atoms with Crippen molar-refractivity contribution in [3.05, 3.63) is 27.5 Å². The maximum atomic E-state index is 9.59. The molecule has 4 aromatic rings. The Kier molecular flexibility index (Phi) is 2.79. The lowest BCUT2D eigenvalue weighted by atomic mass is 10.3. The summed E-state index contributed by atoms with van der Waals surface area (Å²) in [5, 5.41) is 10.0. The maximum absolute atomic E-state index is 9.59. The van der Waals surface area contributed by atoms with E-state index in [0.717, 1.165) is 0 Å². The molecule has 0 radical (unpaired) electrons. The quantitative estimate of drug-likeness (QED) is 0.386. The van der Waals surface area contributed by atoms with E-state index in [9.17, 15) is 5.11 Å². The highest BCUT2D eigenvalue weighted by Gasteiger charge is 2.15. The topological polar surface area (TPSA) is 20.2 Å². The van der Waals surface area contributed by atoms with Crippen molar-refractivity contribution in [2.24, 2.45) is 0 Å². The Bertz CT molecular complexity index is 889. The zero-order chi connectivity index (χ0) is 13.1. The van der Waals surface area contributed by atoms with E-state index in [1.807, 2.05) is 28.7 Å². The van der Waals surface area contributed by atoms with Crippen molar-refractivity contribution in [2.75, 3.05) is 0 Å². The number of fused-ring (bicyclic) bond motifs is 3. The predicted octanol–water partition coefficient (Wildman–Crippen LogP) is 6.68. The molecule has 96 valence electrons. The lowest BCUT2D eigenvalue weighted by Crippen LogP contribution is -1.57. The number of aromatic hydroxyl groups is 1. The SMILES string of the molecule is Cc1sc(-c2cc3sc4cc(O)sc4c3s2)cc1Br. The Morgan fingerprint density at radius 2 is 1.58 bits per heavy atom. The van der Waals surface area contributed by atoms with Crippen molar-refractivity contribution in [2.45, 2.75) is 6.92 Å². The first-order valence-corrected chi connectivity index (χ1v) is 9.59. The summed E-state index contributed by atoms with van der Waals surface area (Å²) in [6, 6.07) is 6.33. The van der Waals surface area contributed by atoms with E-state index in [4.69, 9.17) is 0 Å². The van der Waals surface area contributed by atoms with Crippen molar-refractivity contribution in [3.63, 3.8) is 0 Å². The molecule has 19 heavy (non-hydrogen) atoms. The van der Waals surface area contributed by atoms with E-state index >= 15 is 0 Å². The van der Waals surface area contributed by atoms with Gasteiger partial charge in [0, 0.05) is 29.9 Å². The number of halogens is 1. The molecule has 0 saturated carbocycles. The van der Waals surface area contributed by atoms with Gasteiger partial charge in [-0.05, 0) is 35.0 Å². The lowest BCUT2D eigenvalue weighted by Gasteiger charge is -1.87. The Balaban J connectivity index is 1.95. The van der Waals surface area contributed by atoms with Gasteiger partial charge in [0.15, 0.2) is 5.06 Å². The molecular formula is C13H7BrOS4. The zero-order valence-electron chi connectivity index (χ0n) is 9.69. The van der Waals surface area contributed by atoms with Crippen molar-refractivity contribution in [1.29, 1.82) is 0 Å². The van der Waals surface area contributed by atoms with Crippen molar-refractivity contribution < 1.29 is 5.11 Å². The summed E-state index contributed by atoms with van der Waals surface area (Å²) in [5.74, 6) is 0. The number of thiophene rings is 4. The van der Waals surface area contributed by atoms with Crippen molar-refractivity contribution >= 4 is 80.1 Å². The maximum Gasteiger partial charge on any atom is 0.173 e. The molecule has 4 rings (SSSR count). The third-order valence-corrected chi connectivity index (χ3v) is 8.82. The first-order valence-electron chi connectivity index (χ1n) is 5.53. The van der Waals surface area contributed by atoms with Gasteiger partial charge >= 0.3 is 0 Å². The summed E-state index contributed by atoms with van der Waals surface area (Å²) in [7, 11) is 0. The smallest absolute Gasteiger partial charge is 0.173 e. The summed E-state index contributed by atoms with van der Waals surface area (Å²) in [4.78, 5) is 3.94. The molecule has 4 heterocycles. The van der Waals surface area contributed by atoms with Gasteiger partial charge in [0.2, 0.25) is 0 Å². The molecule has 0 aromatic carbocycles. The van der Waals surface area contributed by atoms with E-state index in [1.165, 1.54) is 49.2 Å². The van der Waals surface area contributed by atoms with Crippen LogP contribution in [0.5, 0.6) is 5.06 Å². The van der Waals surface area contributed by atoms with Crippen LogP contribution in [0.25, 0.3) is 28.6 Å². The molecular weight excluding hydrogens is 380 g/mol. The number of hydrogen-bond acceptors (Lipinski definition) is 5. The highest BCUT2D eigenvalue weighted by molar-refractivity contribution is 9.10. The van der Waals surface area contributed by atoms with Crippen LogP contribution in [0.3, 0.4) is 0 Å². The Morgan fingerprint density at radius 3 is 2.32 bits per heavy atom. The van der Waals surface area contributed by atoms with Gasteiger partial charge < -0.3 is 5.11 Å². The Labute approximate surface area is 133 Å². The van der Waals surface area contributed by atoms with E-state index in [1.54, 1.807) is 11.3 Å². The third-order valence-electron chi connectivity index (χ3n) is 2.91. The second-order valence-corrected chi connectivity index (χ2v) is 9.48. The van der Waals surface area contributed by atoms with Gasteiger partial charge in [-0.2, -0.15) is 0 Å². The molecule has 0 spiro atoms. The number of aryl methyl sites for hydroxylation is 1. The fourth-order valence-electron chi connectivity index (χ4n) is 2.03. The minimum Gasteiger partial charge on any atom is -0.499 e. The average molecular weight is 387 g/mol. The van der Waals surface area contributed by atoms with Crippen LogP contribution in [0.2, 0.25) is 0 Å². The molecule has 0 unspecified atom stereocenters. The van der Waals surface area contributed by atoms with Crippen LogP contribution < -0.4 is 0 Å². The first-order chi connectivity index (χ1) is 9.11. The fourth-order valence-corrected chi connectivity index (χ4v) is 7.39. The molecule has 0 amide bonds. The Morgan fingerprint density at radius 1 is 0.895 bits per heavy atom. The summed E-state index contributed by atoms with van der Waals surface area (Å²) >= 11 is 10.5. The zero-order valence-corrected chi connectivity index (χ0v) is 14.5. The molecule has 1 nitrogen and oxygen atoms in total. The summed E-state index contributed by atoms with van der Waals surface area (Å²) < 4.78 is 6.23. The Hall–Kier alpha value is -0.400. The molecule has 6 heteroatoms. The largest absolute Gasteiger partial charge is 0.499 e. The summed E-state index contributed by atoms with van der Waals surface area (Å²) in [5.41, 5.74) is 0.